The largest absolute Gasteiger partial charge is 0.364 e. The van der Waals surface area contributed by atoms with Gasteiger partial charge in [0, 0.05) is 23.9 Å². The Balaban J connectivity index is 1.64. The Hall–Kier alpha value is -4.47. The second-order valence-corrected chi connectivity index (χ2v) is 8.40. The molecule has 35 heavy (non-hydrogen) atoms. The summed E-state index contributed by atoms with van der Waals surface area (Å²) in [6.45, 7) is 6.03. The standard InChI is InChI=1S/C25H27N7O3/c1-3-20(33)31-13-5-4-6-18(31)24-30-21(22(23(26)34)32(24)27)16-8-10-17(11-9-16)25(35)29-19-12-7-15(2)14-28-19/h3,7-12,14,18H,1,4-6,13,27H2,2H3,(H2,26,34)(H,28,29,35). The molecule has 5 N–H and O–H groups in total. The van der Waals surface area contributed by atoms with Crippen LogP contribution in [0.1, 0.15) is 57.5 Å². The molecule has 10 nitrogen and oxygen atoms in total. The van der Waals surface area contributed by atoms with Crippen molar-refractivity contribution < 1.29 is 14.4 Å². The van der Waals surface area contributed by atoms with Crippen LogP contribution < -0.4 is 16.9 Å². The number of nitrogens with two attached hydrogens (primary N) is 2. The molecule has 4 rings (SSSR count). The first kappa shape index (κ1) is 23.7. The topological polar surface area (TPSA) is 149 Å². The zero-order valence-corrected chi connectivity index (χ0v) is 19.4. The van der Waals surface area contributed by atoms with E-state index in [0.717, 1.165) is 18.4 Å². The van der Waals surface area contributed by atoms with Crippen LogP contribution in [0.15, 0.2) is 55.3 Å². The minimum Gasteiger partial charge on any atom is -0.364 e. The van der Waals surface area contributed by atoms with E-state index in [9.17, 15) is 14.4 Å². The van der Waals surface area contributed by atoms with Crippen LogP contribution >= 0.6 is 0 Å². The number of carbonyl (C=O) groups excluding carboxylic acids is 3. The number of nitrogens with zero attached hydrogens (tertiary/aromatic N) is 4. The van der Waals surface area contributed by atoms with Gasteiger partial charge in [-0.3, -0.25) is 14.4 Å². The number of aryl methyl sites for hydroxylation is 1. The Bertz CT molecular complexity index is 1280. The predicted octanol–water partition coefficient (Wildman–Crippen LogP) is 2.56. The van der Waals surface area contributed by atoms with E-state index in [4.69, 9.17) is 11.6 Å². The molecule has 1 fully saturated rings. The third kappa shape index (κ3) is 4.77. The third-order valence-corrected chi connectivity index (χ3v) is 6.00. The van der Waals surface area contributed by atoms with Crippen LogP contribution in [0.5, 0.6) is 0 Å². The van der Waals surface area contributed by atoms with Crippen LogP contribution in [0.3, 0.4) is 0 Å². The van der Waals surface area contributed by atoms with Gasteiger partial charge in [-0.05, 0) is 56.0 Å². The maximum absolute atomic E-state index is 12.6. The fourth-order valence-electron chi connectivity index (χ4n) is 4.21. The van der Waals surface area contributed by atoms with Crippen LogP contribution in [0.4, 0.5) is 5.82 Å². The van der Waals surface area contributed by atoms with Crippen LogP contribution in [0, 0.1) is 6.92 Å². The SMILES string of the molecule is C=CC(=O)N1CCCCC1c1nc(-c2ccc(C(=O)Nc3ccc(C)cn3)cc2)c(C(N)=O)n1N. The van der Waals surface area contributed by atoms with Gasteiger partial charge in [-0.2, -0.15) is 0 Å². The van der Waals surface area contributed by atoms with Crippen molar-refractivity contribution in [1.29, 1.82) is 0 Å². The van der Waals surface area contributed by atoms with Crippen molar-refractivity contribution in [3.8, 4) is 11.3 Å². The predicted molar refractivity (Wildman–Crippen MR) is 132 cm³/mol. The molecule has 10 heteroatoms. The first-order valence-corrected chi connectivity index (χ1v) is 11.2. The zero-order valence-electron chi connectivity index (χ0n) is 19.4. The van der Waals surface area contributed by atoms with E-state index < -0.39 is 11.9 Å². The number of rotatable bonds is 6. The number of nitrogens with one attached hydrogen (secondary N) is 1. The van der Waals surface area contributed by atoms with Crippen LogP contribution in [-0.2, 0) is 4.79 Å². The van der Waals surface area contributed by atoms with Gasteiger partial charge in [-0.1, -0.05) is 24.8 Å². The average molecular weight is 474 g/mol. The lowest BCUT2D eigenvalue weighted by Crippen LogP contribution is -2.39. The second kappa shape index (κ2) is 9.80. The Kier molecular flexibility index (Phi) is 6.63. The Morgan fingerprint density at radius 1 is 1.14 bits per heavy atom. The van der Waals surface area contributed by atoms with Crippen molar-refractivity contribution >= 4 is 23.5 Å². The highest BCUT2D eigenvalue weighted by Crippen LogP contribution is 2.33. The molecule has 1 atom stereocenters. The monoisotopic (exact) mass is 473 g/mol. The van der Waals surface area contributed by atoms with Gasteiger partial charge in [0.15, 0.2) is 11.5 Å². The van der Waals surface area contributed by atoms with Crippen LogP contribution in [0.2, 0.25) is 0 Å². The fraction of sp³-hybridized carbons (Fsp3) is 0.240. The summed E-state index contributed by atoms with van der Waals surface area (Å²) in [5.74, 6) is 5.79. The molecular formula is C25H27N7O3. The summed E-state index contributed by atoms with van der Waals surface area (Å²) in [7, 11) is 0. The van der Waals surface area contributed by atoms with Gasteiger partial charge >= 0.3 is 0 Å². The van der Waals surface area contributed by atoms with Crippen LogP contribution in [0.25, 0.3) is 11.3 Å². The van der Waals surface area contributed by atoms with Gasteiger partial charge in [-0.25, -0.2) is 14.6 Å². The summed E-state index contributed by atoms with van der Waals surface area (Å²) in [4.78, 5) is 47.8. The molecule has 0 bridgehead atoms. The molecule has 180 valence electrons. The average Bonchev–Trinajstić information content (AvgIpc) is 3.22. The molecule has 3 aromatic rings. The molecule has 0 radical (unpaired) electrons. The van der Waals surface area contributed by atoms with Gasteiger partial charge in [0.25, 0.3) is 11.8 Å². The number of hydrogen-bond acceptors (Lipinski definition) is 6. The number of hydrogen-bond donors (Lipinski definition) is 3. The van der Waals surface area contributed by atoms with Crippen molar-refractivity contribution in [3.05, 3.63) is 77.9 Å². The number of amides is 3. The molecule has 3 amide bonds. The molecule has 0 aliphatic carbocycles. The highest BCUT2D eigenvalue weighted by molar-refractivity contribution is 6.04. The highest BCUT2D eigenvalue weighted by atomic mass is 16.2. The molecule has 1 saturated heterocycles. The molecule has 0 saturated carbocycles. The minimum absolute atomic E-state index is 0.0256. The van der Waals surface area contributed by atoms with E-state index in [1.807, 2.05) is 13.0 Å². The number of nitrogen functional groups attached to an aromatic ring is 1. The summed E-state index contributed by atoms with van der Waals surface area (Å²) in [5.41, 5.74) is 7.91. The van der Waals surface area contributed by atoms with Gasteiger partial charge < -0.3 is 21.8 Å². The van der Waals surface area contributed by atoms with E-state index >= 15 is 0 Å². The fourth-order valence-corrected chi connectivity index (χ4v) is 4.21. The quantitative estimate of drug-likeness (QED) is 0.370. The van der Waals surface area contributed by atoms with Gasteiger partial charge in [0.05, 0.1) is 6.04 Å². The van der Waals surface area contributed by atoms with Crippen molar-refractivity contribution in [2.45, 2.75) is 32.2 Å². The van der Waals surface area contributed by atoms with Gasteiger partial charge in [0.2, 0.25) is 5.91 Å². The maximum Gasteiger partial charge on any atom is 0.269 e. The first-order chi connectivity index (χ1) is 16.8. The molecule has 1 aliphatic rings. The summed E-state index contributed by atoms with van der Waals surface area (Å²) in [6, 6.07) is 9.75. The van der Waals surface area contributed by atoms with E-state index in [2.05, 4.69) is 21.9 Å². The van der Waals surface area contributed by atoms with Crippen molar-refractivity contribution in [3.63, 3.8) is 0 Å². The molecule has 3 heterocycles. The van der Waals surface area contributed by atoms with E-state index in [-0.39, 0.29) is 17.5 Å². The van der Waals surface area contributed by atoms with Crippen molar-refractivity contribution in [2.24, 2.45) is 5.73 Å². The molecular weight excluding hydrogens is 446 g/mol. The van der Waals surface area contributed by atoms with Gasteiger partial charge in [-0.15, -0.1) is 0 Å². The summed E-state index contributed by atoms with van der Waals surface area (Å²) < 4.78 is 1.17. The second-order valence-electron chi connectivity index (χ2n) is 8.40. The number of likely N-dealkylation sites (tertiary alicyclic amines) is 1. The number of benzene rings is 1. The van der Waals surface area contributed by atoms with E-state index in [1.54, 1.807) is 41.4 Å². The number of anilines is 1. The molecule has 1 aliphatic heterocycles. The van der Waals surface area contributed by atoms with E-state index in [0.29, 0.717) is 41.4 Å². The Morgan fingerprint density at radius 2 is 1.89 bits per heavy atom. The van der Waals surface area contributed by atoms with Crippen molar-refractivity contribution in [2.75, 3.05) is 17.7 Å². The smallest absolute Gasteiger partial charge is 0.269 e. The molecule has 2 aromatic heterocycles. The highest BCUT2D eigenvalue weighted by Gasteiger charge is 2.33. The lowest BCUT2D eigenvalue weighted by atomic mass is 10.0. The Labute approximate surface area is 202 Å². The summed E-state index contributed by atoms with van der Waals surface area (Å²) >= 11 is 0. The van der Waals surface area contributed by atoms with Crippen LogP contribution in [-0.4, -0.2) is 43.8 Å². The third-order valence-electron chi connectivity index (χ3n) is 6.00. The molecule has 1 unspecified atom stereocenters. The summed E-state index contributed by atoms with van der Waals surface area (Å²) in [5, 5.41) is 2.74. The first-order valence-electron chi connectivity index (χ1n) is 11.2. The Morgan fingerprint density at radius 3 is 2.51 bits per heavy atom. The number of piperidine rings is 1. The number of aromatic nitrogens is 3. The minimum atomic E-state index is -0.745. The maximum atomic E-state index is 12.6. The molecule has 0 spiro atoms. The molecule has 1 aromatic carbocycles. The van der Waals surface area contributed by atoms with Crippen molar-refractivity contribution in [1.82, 2.24) is 19.5 Å². The number of primary amides is 1. The number of carbonyl (C=O) groups is 3. The normalized spacial score (nSPS) is 15.5. The lowest BCUT2D eigenvalue weighted by Gasteiger charge is -2.34. The lowest BCUT2D eigenvalue weighted by molar-refractivity contribution is -0.129. The summed E-state index contributed by atoms with van der Waals surface area (Å²) in [6.07, 6.45) is 5.32. The van der Waals surface area contributed by atoms with E-state index in [1.165, 1.54) is 10.8 Å². The number of pyridine rings is 1. The number of imidazole rings is 1. The van der Waals surface area contributed by atoms with Gasteiger partial charge in [0.1, 0.15) is 11.5 Å². The zero-order chi connectivity index (χ0) is 25.1.